The van der Waals surface area contributed by atoms with Gasteiger partial charge >= 0.3 is 0 Å². The number of rotatable bonds is 8. The van der Waals surface area contributed by atoms with Crippen molar-refractivity contribution in [3.8, 4) is 11.5 Å². The summed E-state index contributed by atoms with van der Waals surface area (Å²) in [7, 11) is 1.65. The summed E-state index contributed by atoms with van der Waals surface area (Å²) >= 11 is 0. The van der Waals surface area contributed by atoms with Gasteiger partial charge in [-0.05, 0) is 92.0 Å². The monoisotopic (exact) mass is 462 g/mol. The van der Waals surface area contributed by atoms with Gasteiger partial charge in [-0.25, -0.2) is 0 Å². The first-order valence-electron chi connectivity index (χ1n) is 12.6. The first-order valence-corrected chi connectivity index (χ1v) is 12.6. The zero-order valence-corrected chi connectivity index (χ0v) is 21.0. The second-order valence-electron chi connectivity index (χ2n) is 12.0. The molecule has 5 nitrogen and oxygen atoms in total. The fourth-order valence-electron chi connectivity index (χ4n) is 7.85. The third kappa shape index (κ3) is 4.81. The molecule has 2 aromatic rings. The Kier molecular flexibility index (Phi) is 5.87. The smallest absolute Gasteiger partial charge is 0.262 e. The summed E-state index contributed by atoms with van der Waals surface area (Å²) in [6, 6.07) is 13.7. The zero-order chi connectivity index (χ0) is 24.0. The minimum Gasteiger partial charge on any atom is -0.493 e. The molecule has 0 saturated heterocycles. The number of hydrogen-bond acceptors (Lipinski definition) is 4. The van der Waals surface area contributed by atoms with Crippen molar-refractivity contribution < 1.29 is 14.3 Å². The molecule has 4 saturated carbocycles. The second kappa shape index (κ2) is 8.60. The molecule has 2 aromatic carbocycles. The van der Waals surface area contributed by atoms with E-state index in [2.05, 4.69) is 30.5 Å². The minimum absolute atomic E-state index is 0.0660. The number of benzene rings is 2. The van der Waals surface area contributed by atoms with Crippen molar-refractivity contribution in [1.82, 2.24) is 5.32 Å². The summed E-state index contributed by atoms with van der Waals surface area (Å²) in [6.45, 7) is 7.79. The molecule has 2 unspecified atom stereocenters. The van der Waals surface area contributed by atoms with Crippen LogP contribution in [0.15, 0.2) is 42.5 Å². The van der Waals surface area contributed by atoms with Crippen molar-refractivity contribution in [2.75, 3.05) is 19.0 Å². The molecule has 34 heavy (non-hydrogen) atoms. The molecule has 4 atom stereocenters. The summed E-state index contributed by atoms with van der Waals surface area (Å²) < 4.78 is 11.4. The molecule has 0 radical (unpaired) electrons. The van der Waals surface area contributed by atoms with E-state index >= 15 is 0 Å². The van der Waals surface area contributed by atoms with Crippen molar-refractivity contribution >= 4 is 11.6 Å². The number of carbonyl (C=O) groups excluding carboxylic acids is 1. The highest BCUT2D eigenvalue weighted by atomic mass is 16.5. The first-order chi connectivity index (χ1) is 16.2. The minimum atomic E-state index is -0.194. The SMILES string of the molecule is COc1cc(CNC23CC4C[C@@](C)(C2)C[C@](C)(C4)C3)ccc1OCC(=O)Nc1ccc(C)cc1. The highest BCUT2D eigenvalue weighted by Gasteiger charge is 2.59. The van der Waals surface area contributed by atoms with Gasteiger partial charge in [-0.3, -0.25) is 4.79 Å². The van der Waals surface area contributed by atoms with Crippen LogP contribution in [0.5, 0.6) is 11.5 Å². The number of nitrogens with one attached hydrogen (secondary N) is 2. The second-order valence-corrected chi connectivity index (χ2v) is 12.0. The summed E-state index contributed by atoms with van der Waals surface area (Å²) in [4.78, 5) is 12.3. The van der Waals surface area contributed by atoms with Gasteiger partial charge in [0.25, 0.3) is 5.91 Å². The molecule has 1 amide bonds. The molecular weight excluding hydrogens is 424 g/mol. The number of hydrogen-bond donors (Lipinski definition) is 2. The van der Waals surface area contributed by atoms with Crippen LogP contribution < -0.4 is 20.1 Å². The van der Waals surface area contributed by atoms with Gasteiger partial charge in [-0.15, -0.1) is 0 Å². The summed E-state index contributed by atoms with van der Waals surface area (Å²) in [5.41, 5.74) is 4.35. The fourth-order valence-corrected chi connectivity index (χ4v) is 7.85. The average Bonchev–Trinajstić information content (AvgIpc) is 2.75. The van der Waals surface area contributed by atoms with Crippen LogP contribution >= 0.6 is 0 Å². The van der Waals surface area contributed by atoms with Crippen LogP contribution in [0.1, 0.15) is 63.5 Å². The van der Waals surface area contributed by atoms with Crippen molar-refractivity contribution in [2.24, 2.45) is 16.7 Å². The van der Waals surface area contributed by atoms with Gasteiger partial charge in [0.05, 0.1) is 7.11 Å². The Morgan fingerprint density at radius 2 is 1.68 bits per heavy atom. The van der Waals surface area contributed by atoms with Crippen molar-refractivity contribution in [1.29, 1.82) is 0 Å². The standard InChI is InChI=1S/C29H38N2O3/c1-20-5-8-23(9-6-20)31-26(32)16-34-24-10-7-21(11-25(24)33-4)15-30-29-14-22-12-27(2,18-29)17-28(3,13-22)19-29/h5-11,22,30H,12-19H2,1-4H3,(H,31,32)/t22?,27-,28+,29?. The topological polar surface area (TPSA) is 59.6 Å². The predicted octanol–water partition coefficient (Wildman–Crippen LogP) is 5.86. The lowest BCUT2D eigenvalue weighted by atomic mass is 9.43. The van der Waals surface area contributed by atoms with Gasteiger partial charge in [-0.1, -0.05) is 37.6 Å². The lowest BCUT2D eigenvalue weighted by molar-refractivity contribution is -0.118. The third-order valence-electron chi connectivity index (χ3n) is 8.22. The molecule has 0 aliphatic heterocycles. The number of ether oxygens (including phenoxy) is 2. The molecule has 4 fully saturated rings. The van der Waals surface area contributed by atoms with E-state index in [4.69, 9.17) is 9.47 Å². The molecule has 4 aliphatic carbocycles. The molecule has 6 rings (SSSR count). The Hall–Kier alpha value is -2.53. The average molecular weight is 463 g/mol. The molecular formula is C29H38N2O3. The maximum absolute atomic E-state index is 12.3. The Balaban J connectivity index is 1.19. The largest absolute Gasteiger partial charge is 0.493 e. The Morgan fingerprint density at radius 1 is 0.971 bits per heavy atom. The first kappa shape index (κ1) is 23.2. The van der Waals surface area contributed by atoms with E-state index in [1.54, 1.807) is 7.11 Å². The molecule has 2 N–H and O–H groups in total. The van der Waals surface area contributed by atoms with Crippen molar-refractivity contribution in [2.45, 2.75) is 71.4 Å². The van der Waals surface area contributed by atoms with E-state index in [9.17, 15) is 4.79 Å². The molecule has 0 spiro atoms. The number of carbonyl (C=O) groups is 1. The van der Waals surface area contributed by atoms with E-state index in [-0.39, 0.29) is 18.1 Å². The maximum Gasteiger partial charge on any atom is 0.262 e. The van der Waals surface area contributed by atoms with Crippen LogP contribution in [-0.2, 0) is 11.3 Å². The molecule has 4 aliphatic rings. The van der Waals surface area contributed by atoms with E-state index in [1.165, 1.54) is 44.1 Å². The molecule has 182 valence electrons. The Morgan fingerprint density at radius 3 is 2.32 bits per heavy atom. The number of amides is 1. The Labute approximate surface area is 203 Å². The molecule has 0 heterocycles. The Bertz CT molecular complexity index is 1050. The number of anilines is 1. The number of methoxy groups -OCH3 is 1. The lowest BCUT2D eigenvalue weighted by Gasteiger charge is -2.65. The predicted molar refractivity (Wildman–Crippen MR) is 135 cm³/mol. The van der Waals surface area contributed by atoms with E-state index in [1.807, 2.05) is 43.3 Å². The van der Waals surface area contributed by atoms with Gasteiger partial charge < -0.3 is 20.1 Å². The zero-order valence-electron chi connectivity index (χ0n) is 21.0. The summed E-state index contributed by atoms with van der Waals surface area (Å²) in [6.07, 6.45) is 8.09. The van der Waals surface area contributed by atoms with E-state index in [0.717, 1.165) is 23.7 Å². The lowest BCUT2D eigenvalue weighted by Crippen LogP contribution is -2.63. The van der Waals surface area contributed by atoms with Gasteiger partial charge in [0.2, 0.25) is 0 Å². The van der Waals surface area contributed by atoms with Crippen molar-refractivity contribution in [3.05, 3.63) is 53.6 Å². The molecule has 0 aromatic heterocycles. The van der Waals surface area contributed by atoms with Crippen molar-refractivity contribution in [3.63, 3.8) is 0 Å². The molecule has 5 heteroatoms. The fraction of sp³-hybridized carbons (Fsp3) is 0.552. The maximum atomic E-state index is 12.3. The summed E-state index contributed by atoms with van der Waals surface area (Å²) in [5.74, 6) is 1.92. The summed E-state index contributed by atoms with van der Waals surface area (Å²) in [5, 5.41) is 6.85. The highest BCUT2D eigenvalue weighted by Crippen LogP contribution is 2.66. The van der Waals surface area contributed by atoms with Crippen LogP contribution in [0.25, 0.3) is 0 Å². The van der Waals surface area contributed by atoms with Crippen LogP contribution in [0, 0.1) is 23.7 Å². The highest BCUT2D eigenvalue weighted by molar-refractivity contribution is 5.91. The quantitative estimate of drug-likeness (QED) is 0.516. The van der Waals surface area contributed by atoms with Gasteiger partial charge in [0.1, 0.15) is 0 Å². The normalized spacial score (nSPS) is 31.4. The van der Waals surface area contributed by atoms with E-state index in [0.29, 0.717) is 22.3 Å². The number of aryl methyl sites for hydroxylation is 1. The van der Waals surface area contributed by atoms with Crippen LogP contribution in [0.4, 0.5) is 5.69 Å². The van der Waals surface area contributed by atoms with Crippen LogP contribution in [0.3, 0.4) is 0 Å². The van der Waals surface area contributed by atoms with Crippen LogP contribution in [0.2, 0.25) is 0 Å². The van der Waals surface area contributed by atoms with Crippen LogP contribution in [-0.4, -0.2) is 25.2 Å². The van der Waals surface area contributed by atoms with Gasteiger partial charge in [0.15, 0.2) is 18.1 Å². The van der Waals surface area contributed by atoms with Gasteiger partial charge in [0, 0.05) is 17.8 Å². The molecule has 4 bridgehead atoms. The third-order valence-corrected chi connectivity index (χ3v) is 8.22. The van der Waals surface area contributed by atoms with Gasteiger partial charge in [-0.2, -0.15) is 0 Å². The van der Waals surface area contributed by atoms with E-state index < -0.39 is 0 Å².